The number of carboxylic acid groups (broad SMARTS) is 1. The van der Waals surface area contributed by atoms with E-state index in [1.165, 1.54) is 0 Å². The van der Waals surface area contributed by atoms with Crippen LogP contribution in [0.4, 0.5) is 5.95 Å². The fraction of sp³-hybridized carbons (Fsp3) is 0.455. The number of rotatable bonds is 12. The van der Waals surface area contributed by atoms with Gasteiger partial charge in [0, 0.05) is 76.0 Å². The molecule has 2 aliphatic rings. The molecule has 1 amide bonds. The monoisotopic (exact) mass is 603 g/mol. The van der Waals surface area contributed by atoms with Crippen molar-refractivity contribution in [3.8, 4) is 0 Å². The number of nitrogens with one attached hydrogen (secondary N) is 1. The lowest BCUT2D eigenvalue weighted by Gasteiger charge is -2.44. The number of ether oxygens (including phenoxy) is 2. The van der Waals surface area contributed by atoms with E-state index in [2.05, 4.69) is 32.0 Å². The second kappa shape index (κ2) is 15.2. The summed E-state index contributed by atoms with van der Waals surface area (Å²) in [5.74, 6) is -0.228. The number of nitrogens with zero attached hydrogens (tertiary/aromatic N) is 4. The van der Waals surface area contributed by atoms with Crippen LogP contribution >= 0.6 is 0 Å². The van der Waals surface area contributed by atoms with Gasteiger partial charge >= 0.3 is 5.97 Å². The Kier molecular flexibility index (Phi) is 10.9. The largest absolute Gasteiger partial charge is 0.481 e. The molecule has 0 aliphatic carbocycles. The van der Waals surface area contributed by atoms with Crippen LogP contribution in [0.3, 0.4) is 0 Å². The molecule has 0 bridgehead atoms. The van der Waals surface area contributed by atoms with Crippen LogP contribution in [0, 0.1) is 5.92 Å². The Morgan fingerprint density at radius 3 is 2.23 bits per heavy atom. The van der Waals surface area contributed by atoms with Crippen LogP contribution in [-0.2, 0) is 32.2 Å². The normalized spacial score (nSPS) is 22.5. The molecule has 0 spiro atoms. The molecule has 3 heterocycles. The molecule has 11 heteroatoms. The SMILES string of the molecule is C[C@@H]1[C@H](CN2CCN(c3ncccn3)CC2)O[C@H](c2ccc(CNC(=O)CCCC(=O)O)cc2)O[C@@H]1c1ccc(CO)cc1. The first-order chi connectivity index (χ1) is 21.4. The number of aromatic nitrogens is 2. The van der Waals surface area contributed by atoms with Gasteiger partial charge in [-0.3, -0.25) is 14.5 Å². The summed E-state index contributed by atoms with van der Waals surface area (Å²) in [6, 6.07) is 17.6. The molecule has 0 saturated carbocycles. The smallest absolute Gasteiger partial charge is 0.303 e. The molecule has 0 radical (unpaired) electrons. The Hall–Kier alpha value is -3.90. The van der Waals surface area contributed by atoms with Crippen molar-refractivity contribution in [3.63, 3.8) is 0 Å². The minimum Gasteiger partial charge on any atom is -0.481 e. The van der Waals surface area contributed by atoms with Crippen molar-refractivity contribution in [3.05, 3.63) is 89.2 Å². The Labute approximate surface area is 257 Å². The number of hydrogen-bond donors (Lipinski definition) is 3. The van der Waals surface area contributed by atoms with Crippen LogP contribution in [0.1, 0.15) is 60.8 Å². The number of amides is 1. The van der Waals surface area contributed by atoms with Gasteiger partial charge in [0.15, 0.2) is 6.29 Å². The van der Waals surface area contributed by atoms with Crippen molar-refractivity contribution in [2.45, 2.75) is 57.8 Å². The number of aliphatic carboxylic acids is 1. The van der Waals surface area contributed by atoms with Crippen LogP contribution in [0.2, 0.25) is 0 Å². The highest BCUT2D eigenvalue weighted by Crippen LogP contribution is 2.42. The average Bonchev–Trinajstić information content (AvgIpc) is 3.05. The summed E-state index contributed by atoms with van der Waals surface area (Å²) >= 11 is 0. The van der Waals surface area contributed by atoms with E-state index in [-0.39, 0.29) is 43.5 Å². The number of carbonyl (C=O) groups is 2. The summed E-state index contributed by atoms with van der Waals surface area (Å²) in [4.78, 5) is 36.2. The van der Waals surface area contributed by atoms with Gasteiger partial charge in [-0.15, -0.1) is 0 Å². The summed E-state index contributed by atoms with van der Waals surface area (Å²) in [6.07, 6.45) is 3.17. The molecule has 5 rings (SSSR count). The number of aliphatic hydroxyl groups is 1. The maximum atomic E-state index is 12.1. The van der Waals surface area contributed by atoms with Crippen molar-refractivity contribution in [1.29, 1.82) is 0 Å². The van der Waals surface area contributed by atoms with E-state index in [4.69, 9.17) is 14.6 Å². The van der Waals surface area contributed by atoms with Crippen molar-refractivity contribution in [1.82, 2.24) is 20.2 Å². The third-order valence-electron chi connectivity index (χ3n) is 8.30. The summed E-state index contributed by atoms with van der Waals surface area (Å²) in [5.41, 5.74) is 3.71. The number of piperazine rings is 1. The lowest BCUT2D eigenvalue weighted by atomic mass is 9.90. The minimum absolute atomic E-state index is 0.00907. The summed E-state index contributed by atoms with van der Waals surface area (Å²) in [6.45, 7) is 6.72. The van der Waals surface area contributed by atoms with Crippen LogP contribution in [0.5, 0.6) is 0 Å². The zero-order valence-electron chi connectivity index (χ0n) is 25.0. The molecule has 2 aliphatic heterocycles. The first kappa shape index (κ1) is 31.5. The number of benzene rings is 2. The van der Waals surface area contributed by atoms with E-state index in [0.717, 1.165) is 60.9 Å². The number of anilines is 1. The lowest BCUT2D eigenvalue weighted by Crippen LogP contribution is -2.51. The summed E-state index contributed by atoms with van der Waals surface area (Å²) in [5, 5.41) is 21.1. The Balaban J connectivity index is 1.24. The minimum atomic E-state index is -0.901. The van der Waals surface area contributed by atoms with E-state index < -0.39 is 12.3 Å². The molecule has 0 unspecified atom stereocenters. The number of hydrogen-bond acceptors (Lipinski definition) is 9. The Bertz CT molecular complexity index is 1350. The predicted molar refractivity (Wildman–Crippen MR) is 163 cm³/mol. The van der Waals surface area contributed by atoms with E-state index >= 15 is 0 Å². The van der Waals surface area contributed by atoms with Gasteiger partial charge in [-0.05, 0) is 29.2 Å². The van der Waals surface area contributed by atoms with Crippen molar-refractivity contribution in [2.75, 3.05) is 37.6 Å². The van der Waals surface area contributed by atoms with Gasteiger partial charge < -0.3 is 29.9 Å². The second-order valence-electron chi connectivity index (χ2n) is 11.4. The van der Waals surface area contributed by atoms with Gasteiger partial charge in [-0.1, -0.05) is 55.5 Å². The molecular weight excluding hydrogens is 562 g/mol. The van der Waals surface area contributed by atoms with Crippen LogP contribution in [-0.4, -0.2) is 75.8 Å². The topological polar surface area (TPSA) is 137 Å². The second-order valence-corrected chi connectivity index (χ2v) is 11.4. The van der Waals surface area contributed by atoms with Gasteiger partial charge in [-0.25, -0.2) is 9.97 Å². The van der Waals surface area contributed by atoms with Crippen molar-refractivity contribution in [2.24, 2.45) is 5.92 Å². The average molecular weight is 604 g/mol. The molecule has 2 saturated heterocycles. The number of aliphatic hydroxyl groups excluding tert-OH is 1. The highest BCUT2D eigenvalue weighted by atomic mass is 16.7. The van der Waals surface area contributed by atoms with Gasteiger partial charge in [-0.2, -0.15) is 0 Å². The fourth-order valence-electron chi connectivity index (χ4n) is 5.65. The third-order valence-corrected chi connectivity index (χ3v) is 8.30. The highest BCUT2D eigenvalue weighted by Gasteiger charge is 2.39. The van der Waals surface area contributed by atoms with Gasteiger partial charge in [0.25, 0.3) is 0 Å². The third kappa shape index (κ3) is 8.38. The molecule has 44 heavy (non-hydrogen) atoms. The zero-order chi connectivity index (χ0) is 30.9. The molecule has 234 valence electrons. The first-order valence-corrected chi connectivity index (χ1v) is 15.2. The van der Waals surface area contributed by atoms with Crippen molar-refractivity contribution < 1.29 is 29.3 Å². The Morgan fingerprint density at radius 1 is 0.909 bits per heavy atom. The molecule has 1 aromatic heterocycles. The van der Waals surface area contributed by atoms with Crippen molar-refractivity contribution >= 4 is 17.8 Å². The molecule has 3 aromatic rings. The quantitative estimate of drug-likeness (QED) is 0.282. The van der Waals surface area contributed by atoms with Gasteiger partial charge in [0.2, 0.25) is 11.9 Å². The summed E-state index contributed by atoms with van der Waals surface area (Å²) < 4.78 is 13.2. The highest BCUT2D eigenvalue weighted by molar-refractivity contribution is 5.76. The zero-order valence-corrected chi connectivity index (χ0v) is 25.0. The van der Waals surface area contributed by atoms with Gasteiger partial charge in [0.05, 0.1) is 18.8 Å². The maximum Gasteiger partial charge on any atom is 0.303 e. The van der Waals surface area contributed by atoms with Crippen LogP contribution < -0.4 is 10.2 Å². The molecule has 2 aromatic carbocycles. The first-order valence-electron chi connectivity index (χ1n) is 15.2. The standard InChI is InChI=1S/C33H41N5O6/c1-23-28(21-37-16-18-38(19-17-37)33-34-14-3-15-35-33)43-32(44-31(23)26-10-8-25(22-39)9-11-26)27-12-6-24(7-13-27)20-36-29(40)4-2-5-30(41)42/h3,6-15,23,28,31-32,39H,2,4-5,16-22H2,1H3,(H,36,40)(H,41,42)/t23-,28+,31+,32+/m1/s1. The molecular formula is C33H41N5O6. The lowest BCUT2D eigenvalue weighted by molar-refractivity contribution is -0.276. The number of carbonyl (C=O) groups excluding carboxylic acids is 1. The van der Waals surface area contributed by atoms with Gasteiger partial charge in [0.1, 0.15) is 0 Å². The molecule has 2 fully saturated rings. The maximum absolute atomic E-state index is 12.1. The fourth-order valence-corrected chi connectivity index (χ4v) is 5.65. The molecule has 4 atom stereocenters. The van der Waals surface area contributed by atoms with Crippen LogP contribution in [0.15, 0.2) is 67.0 Å². The Morgan fingerprint density at radius 2 is 1.57 bits per heavy atom. The summed E-state index contributed by atoms with van der Waals surface area (Å²) in [7, 11) is 0. The van der Waals surface area contributed by atoms with E-state index in [1.54, 1.807) is 12.4 Å². The van der Waals surface area contributed by atoms with E-state index in [0.29, 0.717) is 13.0 Å². The number of carboxylic acids is 1. The van der Waals surface area contributed by atoms with Crippen LogP contribution in [0.25, 0.3) is 0 Å². The molecule has 11 nitrogen and oxygen atoms in total. The molecule has 3 N–H and O–H groups in total. The predicted octanol–water partition coefficient (Wildman–Crippen LogP) is 3.45. The van der Waals surface area contributed by atoms with E-state index in [1.807, 2.05) is 54.6 Å². The van der Waals surface area contributed by atoms with E-state index in [9.17, 15) is 14.7 Å².